The molecule has 0 atom stereocenters. The molecule has 0 bridgehead atoms. The van der Waals surface area contributed by atoms with Crippen LogP contribution >= 0.6 is 11.6 Å². The van der Waals surface area contributed by atoms with Crippen LogP contribution in [0.15, 0.2) is 72.8 Å². The van der Waals surface area contributed by atoms with Gasteiger partial charge in [0.1, 0.15) is 17.2 Å². The lowest BCUT2D eigenvalue weighted by atomic mass is 10.2. The lowest BCUT2D eigenvalue weighted by molar-refractivity contribution is -0.385. The second-order valence-electron chi connectivity index (χ2n) is 10.3. The van der Waals surface area contributed by atoms with Crippen molar-refractivity contribution in [1.29, 1.82) is 0 Å². The highest BCUT2D eigenvalue weighted by Crippen LogP contribution is 2.20. The SMILES string of the molecule is O=C(Cl)Oc1ccc([N+](=O)[O-])cc1.O=C(OCCCCCCOC(=O)Oc1ccc([N+](=O)[O-])cc1)Oc1ccc([N+](=O)[O-])cc1.OCCCCCCO.[HH]. The topological polar surface area (TPSA) is 267 Å². The zero-order valence-corrected chi connectivity index (χ0v) is 29.0. The number of rotatable bonds is 18. The molecule has 290 valence electrons. The fourth-order valence-corrected chi connectivity index (χ4v) is 3.79. The van der Waals surface area contributed by atoms with Crippen LogP contribution in [-0.2, 0) is 9.47 Å². The quantitative estimate of drug-likeness (QED) is 0.0310. The van der Waals surface area contributed by atoms with Crippen LogP contribution in [0, 0.1) is 30.3 Å². The zero-order valence-electron chi connectivity index (χ0n) is 28.2. The summed E-state index contributed by atoms with van der Waals surface area (Å²) in [5.41, 5.74) is -1.29. The highest BCUT2D eigenvalue weighted by molar-refractivity contribution is 6.61. The van der Waals surface area contributed by atoms with Crippen molar-refractivity contribution < 1.29 is 64.5 Å². The molecule has 0 aliphatic carbocycles. The van der Waals surface area contributed by atoms with Crippen LogP contribution < -0.4 is 14.2 Å². The molecule has 3 aromatic carbocycles. The second kappa shape index (κ2) is 26.8. The van der Waals surface area contributed by atoms with Crippen molar-refractivity contribution in [3.05, 3.63) is 103 Å². The Balaban J connectivity index is 0.00000104. The van der Waals surface area contributed by atoms with Gasteiger partial charge in [-0.15, -0.1) is 0 Å². The van der Waals surface area contributed by atoms with E-state index in [4.69, 9.17) is 40.8 Å². The minimum atomic E-state index is -0.978. The number of hydrogen-bond acceptors (Lipinski definition) is 16. The van der Waals surface area contributed by atoms with E-state index < -0.39 is 32.5 Å². The molecule has 53 heavy (non-hydrogen) atoms. The molecular formula is C33H40ClN3O16. The molecule has 20 heteroatoms. The normalized spacial score (nSPS) is 9.87. The molecular weight excluding hydrogens is 730 g/mol. The van der Waals surface area contributed by atoms with E-state index in [9.17, 15) is 44.7 Å². The van der Waals surface area contributed by atoms with Gasteiger partial charge in [0.25, 0.3) is 17.1 Å². The fourth-order valence-electron chi connectivity index (χ4n) is 3.70. The molecule has 0 aliphatic heterocycles. The van der Waals surface area contributed by atoms with E-state index in [1.807, 2.05) is 0 Å². The molecule has 0 saturated carbocycles. The molecule has 0 radical (unpaired) electrons. The summed E-state index contributed by atoms with van der Waals surface area (Å²) in [6, 6.07) is 15.1. The van der Waals surface area contributed by atoms with E-state index in [2.05, 4.69) is 4.74 Å². The largest absolute Gasteiger partial charge is 0.513 e. The van der Waals surface area contributed by atoms with E-state index in [-0.39, 0.29) is 62.2 Å². The van der Waals surface area contributed by atoms with E-state index in [0.29, 0.717) is 25.7 Å². The molecule has 0 aliphatic rings. The Morgan fingerprint density at radius 2 is 0.792 bits per heavy atom. The lowest BCUT2D eigenvalue weighted by Crippen LogP contribution is -2.12. The Hall–Kier alpha value is -5.92. The Labute approximate surface area is 308 Å². The number of nitro groups is 3. The number of non-ortho nitro benzene ring substituents is 3. The first kappa shape index (κ1) is 45.1. The molecule has 3 rings (SSSR count). The third kappa shape index (κ3) is 21.8. The Morgan fingerprint density at radius 1 is 0.509 bits per heavy atom. The number of benzene rings is 3. The van der Waals surface area contributed by atoms with E-state index in [1.54, 1.807) is 0 Å². The maximum Gasteiger partial charge on any atom is 0.513 e. The summed E-state index contributed by atoms with van der Waals surface area (Å²) in [5.74, 6) is 0.447. The summed E-state index contributed by atoms with van der Waals surface area (Å²) < 4.78 is 24.1. The number of nitrogens with zero attached hydrogens (tertiary/aromatic N) is 3. The summed E-state index contributed by atoms with van der Waals surface area (Å²) in [6.07, 6.45) is 4.59. The Bertz CT molecular complexity index is 1500. The first-order chi connectivity index (χ1) is 25.4. The molecule has 2 N–H and O–H groups in total. The molecule has 0 saturated heterocycles. The van der Waals surface area contributed by atoms with Gasteiger partial charge in [0, 0.05) is 62.6 Å². The molecule has 0 amide bonds. The second-order valence-corrected chi connectivity index (χ2v) is 10.6. The summed E-state index contributed by atoms with van der Waals surface area (Å²) in [7, 11) is 0. The number of halogens is 1. The standard InChI is InChI=1S/C20H20N2O10.C7H4ClNO4.C6H14O2.H2/c23-19(31-17-9-5-15(6-10-17)21(25)26)29-13-3-1-2-4-14-30-20(24)32-18-11-7-16(8-12-18)22(27)28;8-7(10)13-6-3-1-5(2-4-6)9(11)12;7-5-3-1-2-4-6-8;/h5-12H,1-4,13-14H2;1-4H;7-8H,1-6H2;1H. The maximum absolute atomic E-state index is 11.6. The van der Waals surface area contributed by atoms with Crippen LogP contribution in [0.25, 0.3) is 0 Å². The number of unbranched alkanes of at least 4 members (excludes halogenated alkanes) is 6. The summed E-state index contributed by atoms with van der Waals surface area (Å²) in [4.78, 5) is 63.0. The highest BCUT2D eigenvalue weighted by atomic mass is 35.5. The van der Waals surface area contributed by atoms with Crippen molar-refractivity contribution in [2.45, 2.75) is 51.4 Å². The average Bonchev–Trinajstić information content (AvgIpc) is 3.12. The molecule has 0 fully saturated rings. The minimum Gasteiger partial charge on any atom is -0.434 e. The van der Waals surface area contributed by atoms with Gasteiger partial charge < -0.3 is 33.9 Å². The Morgan fingerprint density at radius 3 is 1.06 bits per heavy atom. The molecule has 19 nitrogen and oxygen atoms in total. The van der Waals surface area contributed by atoms with Gasteiger partial charge in [-0.1, -0.05) is 12.8 Å². The number of hydrogen-bond donors (Lipinski definition) is 2. The van der Waals surface area contributed by atoms with Crippen LogP contribution in [0.1, 0.15) is 52.8 Å². The zero-order chi connectivity index (χ0) is 39.4. The van der Waals surface area contributed by atoms with Gasteiger partial charge in [0.15, 0.2) is 0 Å². The number of aliphatic hydroxyl groups excluding tert-OH is 2. The van der Waals surface area contributed by atoms with Gasteiger partial charge in [-0.3, -0.25) is 30.3 Å². The van der Waals surface area contributed by atoms with Crippen molar-refractivity contribution in [3.63, 3.8) is 0 Å². The van der Waals surface area contributed by atoms with Gasteiger partial charge in [-0.2, -0.15) is 0 Å². The van der Waals surface area contributed by atoms with Gasteiger partial charge in [0.05, 0.1) is 28.0 Å². The molecule has 3 aromatic rings. The molecule has 0 aromatic heterocycles. The van der Waals surface area contributed by atoms with Crippen LogP contribution in [0.3, 0.4) is 0 Å². The predicted octanol–water partition coefficient (Wildman–Crippen LogP) is 7.90. The molecule has 0 unspecified atom stereocenters. The highest BCUT2D eigenvalue weighted by Gasteiger charge is 2.11. The smallest absolute Gasteiger partial charge is 0.434 e. The van der Waals surface area contributed by atoms with Crippen molar-refractivity contribution in [3.8, 4) is 17.2 Å². The van der Waals surface area contributed by atoms with Gasteiger partial charge >= 0.3 is 17.7 Å². The Kier molecular flexibility index (Phi) is 22.8. The average molecular weight is 770 g/mol. The van der Waals surface area contributed by atoms with E-state index >= 15 is 0 Å². The summed E-state index contributed by atoms with van der Waals surface area (Å²) >= 11 is 4.92. The third-order valence-corrected chi connectivity index (χ3v) is 6.36. The summed E-state index contributed by atoms with van der Waals surface area (Å²) in [5, 5.41) is 47.9. The number of carbonyl (C=O) groups excluding carboxylic acids is 3. The molecule has 0 heterocycles. The van der Waals surface area contributed by atoms with Crippen LogP contribution in [-0.4, -0.2) is 69.1 Å². The van der Waals surface area contributed by atoms with Gasteiger partial charge in [-0.05, 0) is 74.9 Å². The van der Waals surface area contributed by atoms with Gasteiger partial charge in [0.2, 0.25) is 0 Å². The monoisotopic (exact) mass is 769 g/mol. The van der Waals surface area contributed by atoms with Crippen molar-refractivity contribution in [2.75, 3.05) is 26.4 Å². The first-order valence-corrected chi connectivity index (χ1v) is 16.3. The van der Waals surface area contributed by atoms with Crippen LogP contribution in [0.2, 0.25) is 0 Å². The van der Waals surface area contributed by atoms with E-state index in [0.717, 1.165) is 25.7 Å². The van der Waals surface area contributed by atoms with E-state index in [1.165, 1.54) is 72.8 Å². The minimum absolute atomic E-state index is 0. The molecule has 0 spiro atoms. The predicted molar refractivity (Wildman–Crippen MR) is 188 cm³/mol. The number of ether oxygens (including phenoxy) is 5. The van der Waals surface area contributed by atoms with Gasteiger partial charge in [-0.25, -0.2) is 14.4 Å². The first-order valence-electron chi connectivity index (χ1n) is 15.9. The van der Waals surface area contributed by atoms with Crippen LogP contribution in [0.4, 0.5) is 31.4 Å². The maximum atomic E-state index is 11.6. The number of carbonyl (C=O) groups is 3. The lowest BCUT2D eigenvalue weighted by Gasteiger charge is -2.07. The van der Waals surface area contributed by atoms with Crippen LogP contribution in [0.5, 0.6) is 17.2 Å². The fraction of sp³-hybridized carbons (Fsp3) is 0.364. The third-order valence-electron chi connectivity index (χ3n) is 6.29. The van der Waals surface area contributed by atoms with Crippen molar-refractivity contribution in [1.82, 2.24) is 0 Å². The van der Waals surface area contributed by atoms with Crippen molar-refractivity contribution in [2.24, 2.45) is 0 Å². The number of aliphatic hydroxyl groups is 2. The summed E-state index contributed by atoms with van der Waals surface area (Å²) in [6.45, 7) is 0.834. The van der Waals surface area contributed by atoms with Crippen molar-refractivity contribution >= 4 is 46.4 Å². The number of nitro benzene ring substituents is 3.